The monoisotopic (exact) mass is 357 g/mol. The van der Waals surface area contributed by atoms with Crippen LogP contribution in [-0.4, -0.2) is 19.9 Å². The molecule has 0 atom stereocenters. The van der Waals surface area contributed by atoms with E-state index in [9.17, 15) is 0 Å². The Balaban J connectivity index is 1.59. The molecule has 0 saturated carbocycles. The Bertz CT molecular complexity index is 1190. The van der Waals surface area contributed by atoms with Gasteiger partial charge in [-0.05, 0) is 11.6 Å². The molecule has 26 heavy (non-hydrogen) atoms. The lowest BCUT2D eigenvalue weighted by Crippen LogP contribution is -2.04. The van der Waals surface area contributed by atoms with E-state index in [1.807, 2.05) is 30.3 Å². The number of rotatable bonds is 4. The third-order valence-electron chi connectivity index (χ3n) is 4.31. The zero-order valence-electron chi connectivity index (χ0n) is 13.8. The molecule has 5 rings (SSSR count). The second kappa shape index (κ2) is 6.24. The maximum absolute atomic E-state index is 4.79. The number of hydrogen-bond donors (Lipinski definition) is 2. The van der Waals surface area contributed by atoms with E-state index in [4.69, 9.17) is 4.98 Å². The summed E-state index contributed by atoms with van der Waals surface area (Å²) in [7, 11) is 0. The van der Waals surface area contributed by atoms with Crippen molar-refractivity contribution in [3.8, 4) is 11.4 Å². The second-order valence-electron chi connectivity index (χ2n) is 5.98. The number of thiophene rings is 1. The Morgan fingerprint density at radius 2 is 1.81 bits per heavy atom. The van der Waals surface area contributed by atoms with Gasteiger partial charge in [-0.2, -0.15) is 0 Å². The number of nitrogens with zero attached hydrogens (tertiary/aromatic N) is 3. The summed E-state index contributed by atoms with van der Waals surface area (Å²) in [4.78, 5) is 16.9. The summed E-state index contributed by atoms with van der Waals surface area (Å²) in [5, 5.41) is 6.70. The summed E-state index contributed by atoms with van der Waals surface area (Å²) >= 11 is 1.70. The van der Waals surface area contributed by atoms with E-state index in [1.165, 1.54) is 15.6 Å². The van der Waals surface area contributed by atoms with Gasteiger partial charge in [0.1, 0.15) is 5.52 Å². The molecule has 3 heterocycles. The molecule has 0 bridgehead atoms. The highest BCUT2D eigenvalue weighted by molar-refractivity contribution is 7.17. The Morgan fingerprint density at radius 3 is 2.73 bits per heavy atom. The van der Waals surface area contributed by atoms with Crippen molar-refractivity contribution in [2.24, 2.45) is 0 Å². The minimum absolute atomic E-state index is 0.667. The van der Waals surface area contributed by atoms with Gasteiger partial charge < -0.3 is 10.3 Å². The van der Waals surface area contributed by atoms with Crippen LogP contribution in [-0.2, 0) is 6.54 Å². The predicted octanol–water partition coefficient (Wildman–Crippen LogP) is 4.85. The van der Waals surface area contributed by atoms with Gasteiger partial charge in [-0.25, -0.2) is 15.0 Å². The number of H-pyrrole nitrogens is 1. The van der Waals surface area contributed by atoms with Crippen LogP contribution in [0.15, 0.2) is 66.3 Å². The molecule has 5 nitrogen and oxygen atoms in total. The molecule has 0 aliphatic heterocycles. The Kier molecular flexibility index (Phi) is 3.61. The largest absolute Gasteiger partial charge is 0.364 e. The lowest BCUT2D eigenvalue weighted by molar-refractivity contribution is 1.10. The topological polar surface area (TPSA) is 66.5 Å². The third kappa shape index (κ3) is 2.60. The summed E-state index contributed by atoms with van der Waals surface area (Å²) in [5.41, 5.74) is 3.73. The molecule has 2 N–H and O–H groups in total. The van der Waals surface area contributed by atoms with E-state index < -0.39 is 0 Å². The minimum atomic E-state index is 0.667. The molecule has 0 unspecified atom stereocenters. The van der Waals surface area contributed by atoms with Crippen molar-refractivity contribution in [2.75, 3.05) is 5.32 Å². The average molecular weight is 357 g/mol. The van der Waals surface area contributed by atoms with Gasteiger partial charge in [0, 0.05) is 27.6 Å². The Hall–Kier alpha value is -3.25. The number of nitrogens with one attached hydrogen (secondary N) is 2. The lowest BCUT2D eigenvalue weighted by Gasteiger charge is -2.08. The Morgan fingerprint density at radius 1 is 0.962 bits per heavy atom. The van der Waals surface area contributed by atoms with Crippen LogP contribution in [0.3, 0.4) is 0 Å². The number of hydrogen-bond acceptors (Lipinski definition) is 5. The van der Waals surface area contributed by atoms with Crippen molar-refractivity contribution >= 4 is 38.4 Å². The quantitative estimate of drug-likeness (QED) is 0.483. The van der Waals surface area contributed by atoms with Gasteiger partial charge in [-0.3, -0.25) is 0 Å². The molecular formula is C20H15N5S. The molecule has 0 amide bonds. The maximum atomic E-state index is 4.79. The van der Waals surface area contributed by atoms with E-state index in [-0.39, 0.29) is 0 Å². The SMILES string of the molecule is c1ccc(CNc2nc(-c3csc4ccccc34)nc3nc[nH]c23)cc1. The summed E-state index contributed by atoms with van der Waals surface area (Å²) < 4.78 is 1.23. The van der Waals surface area contributed by atoms with Crippen molar-refractivity contribution in [2.45, 2.75) is 6.54 Å². The summed E-state index contributed by atoms with van der Waals surface area (Å²) in [6.07, 6.45) is 1.66. The van der Waals surface area contributed by atoms with Gasteiger partial charge in [-0.15, -0.1) is 11.3 Å². The number of imidazole rings is 1. The summed E-state index contributed by atoms with van der Waals surface area (Å²) in [6.45, 7) is 0.690. The fourth-order valence-electron chi connectivity index (χ4n) is 3.01. The number of aromatic nitrogens is 4. The number of benzene rings is 2. The van der Waals surface area contributed by atoms with Crippen LogP contribution < -0.4 is 5.32 Å². The standard InChI is InChI=1S/C20H15N5S/c1-2-6-13(7-3-1)10-21-19-17-20(23-12-22-17)25-18(24-19)15-11-26-16-9-5-4-8-14(15)16/h1-9,11-12H,10H2,(H2,21,22,23,24,25). The maximum Gasteiger partial charge on any atom is 0.183 e. The highest BCUT2D eigenvalue weighted by Crippen LogP contribution is 2.33. The van der Waals surface area contributed by atoms with Gasteiger partial charge in [0.2, 0.25) is 0 Å². The summed E-state index contributed by atoms with van der Waals surface area (Å²) in [6, 6.07) is 18.6. The van der Waals surface area contributed by atoms with E-state index in [2.05, 4.69) is 49.9 Å². The number of fused-ring (bicyclic) bond motifs is 2. The van der Waals surface area contributed by atoms with Crippen molar-refractivity contribution in [1.82, 2.24) is 19.9 Å². The van der Waals surface area contributed by atoms with Crippen LogP contribution in [0, 0.1) is 0 Å². The van der Waals surface area contributed by atoms with Crippen molar-refractivity contribution in [3.63, 3.8) is 0 Å². The first kappa shape index (κ1) is 15.0. The van der Waals surface area contributed by atoms with Crippen LogP contribution in [0.25, 0.3) is 32.6 Å². The molecule has 3 aromatic heterocycles. The fraction of sp³-hybridized carbons (Fsp3) is 0.0500. The first-order chi connectivity index (χ1) is 12.9. The van der Waals surface area contributed by atoms with Gasteiger partial charge in [0.25, 0.3) is 0 Å². The molecule has 2 aromatic carbocycles. The van der Waals surface area contributed by atoms with Crippen molar-refractivity contribution < 1.29 is 0 Å². The van der Waals surface area contributed by atoms with Gasteiger partial charge >= 0.3 is 0 Å². The van der Waals surface area contributed by atoms with Gasteiger partial charge in [0.15, 0.2) is 17.3 Å². The first-order valence-electron chi connectivity index (χ1n) is 8.34. The molecule has 126 valence electrons. The van der Waals surface area contributed by atoms with Crippen molar-refractivity contribution in [3.05, 3.63) is 71.9 Å². The lowest BCUT2D eigenvalue weighted by atomic mass is 10.1. The Labute approximate surface area is 153 Å². The zero-order valence-corrected chi connectivity index (χ0v) is 14.6. The number of aromatic amines is 1. The third-order valence-corrected chi connectivity index (χ3v) is 5.27. The highest BCUT2D eigenvalue weighted by atomic mass is 32.1. The van der Waals surface area contributed by atoms with Crippen LogP contribution >= 0.6 is 11.3 Å². The molecule has 0 spiro atoms. The highest BCUT2D eigenvalue weighted by Gasteiger charge is 2.14. The fourth-order valence-corrected chi connectivity index (χ4v) is 3.95. The van der Waals surface area contributed by atoms with Crippen molar-refractivity contribution in [1.29, 1.82) is 0 Å². The second-order valence-corrected chi connectivity index (χ2v) is 6.89. The van der Waals surface area contributed by atoms with Crippen LogP contribution in [0.2, 0.25) is 0 Å². The molecular weight excluding hydrogens is 342 g/mol. The van der Waals surface area contributed by atoms with E-state index in [0.717, 1.165) is 16.9 Å². The average Bonchev–Trinajstić information content (AvgIpc) is 3.33. The molecule has 0 radical (unpaired) electrons. The summed E-state index contributed by atoms with van der Waals surface area (Å²) in [5.74, 6) is 1.46. The first-order valence-corrected chi connectivity index (χ1v) is 9.22. The molecule has 0 saturated heterocycles. The van der Waals surface area contributed by atoms with Gasteiger partial charge in [-0.1, -0.05) is 48.5 Å². The normalized spacial score (nSPS) is 11.2. The van der Waals surface area contributed by atoms with E-state index in [0.29, 0.717) is 18.0 Å². The van der Waals surface area contributed by atoms with E-state index in [1.54, 1.807) is 17.7 Å². The smallest absolute Gasteiger partial charge is 0.183 e. The predicted molar refractivity (Wildman–Crippen MR) is 106 cm³/mol. The molecule has 0 aliphatic rings. The molecule has 5 aromatic rings. The zero-order chi connectivity index (χ0) is 17.3. The van der Waals surface area contributed by atoms with Crippen LogP contribution in [0.5, 0.6) is 0 Å². The van der Waals surface area contributed by atoms with Crippen LogP contribution in [0.1, 0.15) is 5.56 Å². The van der Waals surface area contributed by atoms with Crippen LogP contribution in [0.4, 0.5) is 5.82 Å². The van der Waals surface area contributed by atoms with E-state index >= 15 is 0 Å². The number of anilines is 1. The molecule has 0 fully saturated rings. The minimum Gasteiger partial charge on any atom is -0.364 e. The molecule has 6 heteroatoms. The van der Waals surface area contributed by atoms with Gasteiger partial charge in [0.05, 0.1) is 6.33 Å². The molecule has 0 aliphatic carbocycles.